The zero-order valence-electron chi connectivity index (χ0n) is 18.3. The molecule has 0 spiro atoms. The minimum absolute atomic E-state index is 0.0848. The number of ether oxygens (including phenoxy) is 2. The summed E-state index contributed by atoms with van der Waals surface area (Å²) in [5, 5.41) is 3.28. The first-order valence-corrected chi connectivity index (χ1v) is 12.0. The van der Waals surface area contributed by atoms with Crippen molar-refractivity contribution in [2.24, 2.45) is 0 Å². The minimum Gasteiger partial charge on any atom is -0.497 e. The number of rotatable bonds is 5. The topological polar surface area (TPSA) is 84.9 Å². The lowest BCUT2D eigenvalue weighted by molar-refractivity contribution is -0.122. The summed E-state index contributed by atoms with van der Waals surface area (Å²) in [6.45, 7) is 3.52. The number of nitrogens with zero attached hydrogens (tertiary/aromatic N) is 1. The second-order valence-corrected chi connectivity index (χ2v) is 10.0. The number of hydrogen-bond donors (Lipinski definition) is 1. The third kappa shape index (κ3) is 4.62. The van der Waals surface area contributed by atoms with Crippen LogP contribution in [0.1, 0.15) is 11.1 Å². The van der Waals surface area contributed by atoms with Crippen molar-refractivity contribution in [3.63, 3.8) is 0 Å². The van der Waals surface area contributed by atoms with Crippen LogP contribution >= 0.6 is 11.6 Å². The van der Waals surface area contributed by atoms with Crippen molar-refractivity contribution in [1.29, 1.82) is 0 Å². The van der Waals surface area contributed by atoms with E-state index >= 15 is 0 Å². The van der Waals surface area contributed by atoms with Crippen LogP contribution in [0, 0.1) is 13.8 Å². The molecule has 0 aromatic heterocycles. The maximum absolute atomic E-state index is 13.5. The highest BCUT2D eigenvalue weighted by molar-refractivity contribution is 7.92. The molecule has 1 atom stereocenters. The number of carbonyl (C=O) groups is 1. The molecule has 172 valence electrons. The second-order valence-electron chi connectivity index (χ2n) is 7.74. The van der Waals surface area contributed by atoms with Gasteiger partial charge in [-0.25, -0.2) is 8.42 Å². The maximum atomic E-state index is 13.5. The van der Waals surface area contributed by atoms with Gasteiger partial charge in [0, 0.05) is 10.7 Å². The molecule has 4 rings (SSSR count). The molecule has 7 nitrogen and oxygen atoms in total. The van der Waals surface area contributed by atoms with Crippen molar-refractivity contribution < 1.29 is 22.7 Å². The summed E-state index contributed by atoms with van der Waals surface area (Å²) in [5.74, 6) is 0.393. The van der Waals surface area contributed by atoms with E-state index in [1.54, 1.807) is 48.5 Å². The Morgan fingerprint density at radius 2 is 1.82 bits per heavy atom. The Bertz CT molecular complexity index is 1310. The number of carbonyl (C=O) groups excluding carboxylic acids is 1. The van der Waals surface area contributed by atoms with Gasteiger partial charge in [-0.15, -0.1) is 0 Å². The summed E-state index contributed by atoms with van der Waals surface area (Å²) in [7, 11) is -2.46. The molecule has 1 N–H and O–H groups in total. The summed E-state index contributed by atoms with van der Waals surface area (Å²) < 4.78 is 39.4. The van der Waals surface area contributed by atoms with Crippen molar-refractivity contribution in [1.82, 2.24) is 0 Å². The van der Waals surface area contributed by atoms with Gasteiger partial charge in [0.25, 0.3) is 15.9 Å². The lowest BCUT2D eigenvalue weighted by Gasteiger charge is -2.35. The van der Waals surface area contributed by atoms with E-state index in [0.29, 0.717) is 27.9 Å². The molecule has 0 bridgehead atoms. The summed E-state index contributed by atoms with van der Waals surface area (Å²) >= 11 is 6.06. The van der Waals surface area contributed by atoms with E-state index in [-0.39, 0.29) is 11.4 Å². The van der Waals surface area contributed by atoms with E-state index in [9.17, 15) is 13.2 Å². The molecular weight excluding hydrogens is 464 g/mol. The monoisotopic (exact) mass is 486 g/mol. The Kier molecular flexibility index (Phi) is 6.23. The van der Waals surface area contributed by atoms with Gasteiger partial charge in [-0.3, -0.25) is 9.10 Å². The summed E-state index contributed by atoms with van der Waals surface area (Å²) in [6, 6.07) is 16.5. The quantitative estimate of drug-likeness (QED) is 0.571. The molecular formula is C24H23ClN2O5S. The van der Waals surface area contributed by atoms with Crippen molar-refractivity contribution in [2.45, 2.75) is 24.8 Å². The van der Waals surface area contributed by atoms with Gasteiger partial charge < -0.3 is 14.8 Å². The third-order valence-corrected chi connectivity index (χ3v) is 7.41. The maximum Gasteiger partial charge on any atom is 0.267 e. The van der Waals surface area contributed by atoms with Gasteiger partial charge in [-0.2, -0.15) is 0 Å². The summed E-state index contributed by atoms with van der Waals surface area (Å²) in [6.07, 6.45) is -1.06. The van der Waals surface area contributed by atoms with Crippen LogP contribution in [0.3, 0.4) is 0 Å². The Morgan fingerprint density at radius 3 is 2.52 bits per heavy atom. The van der Waals surface area contributed by atoms with Crippen molar-refractivity contribution in [3.8, 4) is 11.5 Å². The van der Waals surface area contributed by atoms with Gasteiger partial charge in [0.05, 0.1) is 24.2 Å². The molecule has 9 heteroatoms. The minimum atomic E-state index is -3.97. The van der Waals surface area contributed by atoms with Crippen LogP contribution in [0.15, 0.2) is 65.6 Å². The number of benzene rings is 3. The van der Waals surface area contributed by atoms with Crippen LogP contribution in [0.4, 0.5) is 11.4 Å². The first-order valence-electron chi connectivity index (χ1n) is 10.2. The van der Waals surface area contributed by atoms with Crippen molar-refractivity contribution >= 4 is 38.9 Å². The van der Waals surface area contributed by atoms with E-state index in [0.717, 1.165) is 11.1 Å². The van der Waals surface area contributed by atoms with E-state index in [4.69, 9.17) is 21.1 Å². The second kappa shape index (κ2) is 8.96. The Labute approximate surface area is 197 Å². The Balaban J connectivity index is 1.70. The molecule has 33 heavy (non-hydrogen) atoms. The molecule has 3 aromatic carbocycles. The van der Waals surface area contributed by atoms with Crippen LogP contribution in [0.25, 0.3) is 0 Å². The van der Waals surface area contributed by atoms with Crippen LogP contribution in [-0.4, -0.2) is 34.1 Å². The van der Waals surface area contributed by atoms with Gasteiger partial charge >= 0.3 is 0 Å². The lowest BCUT2D eigenvalue weighted by Crippen LogP contribution is -2.48. The molecule has 0 unspecified atom stereocenters. The molecule has 3 aromatic rings. The third-order valence-electron chi connectivity index (χ3n) is 5.38. The van der Waals surface area contributed by atoms with Gasteiger partial charge in [0.15, 0.2) is 6.10 Å². The van der Waals surface area contributed by atoms with Crippen LogP contribution in [-0.2, 0) is 14.8 Å². The molecule has 1 amide bonds. The normalized spacial score (nSPS) is 15.4. The number of sulfonamides is 1. The predicted molar refractivity (Wildman–Crippen MR) is 128 cm³/mol. The van der Waals surface area contributed by atoms with E-state index < -0.39 is 22.0 Å². The molecule has 0 saturated carbocycles. The van der Waals surface area contributed by atoms with E-state index in [1.165, 1.54) is 23.5 Å². The number of nitrogens with one attached hydrogen (secondary N) is 1. The number of aryl methyl sites for hydroxylation is 2. The average Bonchev–Trinajstić information content (AvgIpc) is 2.80. The van der Waals surface area contributed by atoms with Gasteiger partial charge in [0.2, 0.25) is 0 Å². The fraction of sp³-hybridized carbons (Fsp3) is 0.208. The van der Waals surface area contributed by atoms with E-state index in [1.807, 2.05) is 13.8 Å². The number of anilines is 2. The largest absolute Gasteiger partial charge is 0.497 e. The molecule has 0 aliphatic carbocycles. The molecule has 1 aliphatic heterocycles. The predicted octanol–water partition coefficient (Wildman–Crippen LogP) is 4.56. The first-order chi connectivity index (χ1) is 15.7. The molecule has 0 radical (unpaired) electrons. The first kappa shape index (κ1) is 22.9. The molecule has 1 heterocycles. The average molecular weight is 487 g/mol. The number of amides is 1. The number of fused-ring (bicyclic) bond motifs is 1. The number of hydrogen-bond acceptors (Lipinski definition) is 5. The smallest absolute Gasteiger partial charge is 0.267 e. The van der Waals surface area contributed by atoms with Crippen LogP contribution in [0.5, 0.6) is 11.5 Å². The fourth-order valence-electron chi connectivity index (χ4n) is 3.54. The lowest BCUT2D eigenvalue weighted by atomic mass is 10.1. The highest BCUT2D eigenvalue weighted by Crippen LogP contribution is 2.38. The molecule has 0 fully saturated rings. The highest BCUT2D eigenvalue weighted by atomic mass is 35.5. The summed E-state index contributed by atoms with van der Waals surface area (Å²) in [5.41, 5.74) is 2.61. The molecule has 0 saturated heterocycles. The standard InChI is InChI=1S/C24H23ClN2O5S/c1-15-4-11-21-22(12-15)32-23(24(28)26-20-13-17(25)6-5-16(20)2)14-27(21)33(29,30)19-9-7-18(31-3)8-10-19/h4-13,23H,14H2,1-3H3,(H,26,28)/t23-/m0/s1. The van der Waals surface area contributed by atoms with E-state index in [2.05, 4.69) is 5.32 Å². The van der Waals surface area contributed by atoms with Crippen molar-refractivity contribution in [3.05, 3.63) is 76.8 Å². The Morgan fingerprint density at radius 1 is 1.09 bits per heavy atom. The van der Waals surface area contributed by atoms with Gasteiger partial charge in [-0.1, -0.05) is 23.7 Å². The zero-order chi connectivity index (χ0) is 23.8. The Hall–Kier alpha value is -3.23. The SMILES string of the molecule is COc1ccc(S(=O)(=O)N2C[C@@H](C(=O)Nc3cc(Cl)ccc3C)Oc3cc(C)ccc32)cc1. The fourth-order valence-corrected chi connectivity index (χ4v) is 5.19. The number of methoxy groups -OCH3 is 1. The van der Waals surface area contributed by atoms with Gasteiger partial charge in [0.1, 0.15) is 11.5 Å². The molecule has 1 aliphatic rings. The highest BCUT2D eigenvalue weighted by Gasteiger charge is 2.37. The van der Waals surface area contributed by atoms with Crippen molar-refractivity contribution in [2.75, 3.05) is 23.3 Å². The zero-order valence-corrected chi connectivity index (χ0v) is 19.9. The van der Waals surface area contributed by atoms with Gasteiger partial charge in [-0.05, 0) is 73.5 Å². The summed E-state index contributed by atoms with van der Waals surface area (Å²) in [4.78, 5) is 13.2. The van der Waals surface area contributed by atoms with Crippen LogP contribution in [0.2, 0.25) is 5.02 Å². The van der Waals surface area contributed by atoms with Crippen LogP contribution < -0.4 is 19.1 Å². The number of halogens is 1.